The maximum Gasteiger partial charge on any atom is 0.124 e. The van der Waals surface area contributed by atoms with E-state index in [1.54, 1.807) is 7.05 Å². The summed E-state index contributed by atoms with van der Waals surface area (Å²) < 4.78 is 12.5. The second-order valence-corrected chi connectivity index (χ2v) is 2.61. The Balaban J connectivity index is 3.09. The summed E-state index contributed by atoms with van der Waals surface area (Å²) in [5.74, 6) is 5.03. The van der Waals surface area contributed by atoms with Crippen molar-refractivity contribution >= 4 is 17.3 Å². The maximum absolute atomic E-state index is 12.5. The average molecular weight is 175 g/mol. The van der Waals surface area contributed by atoms with Crippen LogP contribution in [0, 0.1) is 5.82 Å². The molecule has 4 heteroatoms. The lowest BCUT2D eigenvalue weighted by Gasteiger charge is -2.12. The van der Waals surface area contributed by atoms with Gasteiger partial charge in [0.25, 0.3) is 0 Å². The van der Waals surface area contributed by atoms with Gasteiger partial charge in [0.2, 0.25) is 0 Å². The second kappa shape index (κ2) is 3.07. The molecular weight excluding hydrogens is 167 g/mol. The van der Waals surface area contributed by atoms with Gasteiger partial charge in [0.15, 0.2) is 0 Å². The zero-order valence-electron chi connectivity index (χ0n) is 6.01. The number of hydrogen-bond donors (Lipinski definition) is 1. The van der Waals surface area contributed by atoms with Gasteiger partial charge in [-0.2, -0.15) is 0 Å². The van der Waals surface area contributed by atoms with E-state index in [-0.39, 0.29) is 5.82 Å². The van der Waals surface area contributed by atoms with E-state index in [0.29, 0.717) is 10.7 Å². The number of rotatable bonds is 1. The van der Waals surface area contributed by atoms with Crippen molar-refractivity contribution in [3.05, 3.63) is 29.0 Å². The zero-order chi connectivity index (χ0) is 8.43. The fraction of sp³-hybridized carbons (Fsp3) is 0.143. The van der Waals surface area contributed by atoms with Gasteiger partial charge < -0.3 is 5.01 Å². The Kier molecular flexibility index (Phi) is 2.31. The molecule has 0 saturated carbocycles. The lowest BCUT2D eigenvalue weighted by molar-refractivity contribution is 0.628. The molecule has 2 N–H and O–H groups in total. The molecule has 0 heterocycles. The molecule has 1 aromatic carbocycles. The molecule has 2 nitrogen and oxygen atoms in total. The molecule has 0 saturated heterocycles. The van der Waals surface area contributed by atoms with Crippen LogP contribution in [-0.4, -0.2) is 7.05 Å². The van der Waals surface area contributed by atoms with Crippen LogP contribution in [0.25, 0.3) is 0 Å². The highest BCUT2D eigenvalue weighted by Crippen LogP contribution is 2.23. The summed E-state index contributed by atoms with van der Waals surface area (Å²) in [6, 6.07) is 4.06. The minimum Gasteiger partial charge on any atom is -0.313 e. The molecule has 0 spiro atoms. The van der Waals surface area contributed by atoms with Crippen molar-refractivity contribution in [1.29, 1.82) is 0 Å². The minimum absolute atomic E-state index is 0.315. The predicted molar refractivity (Wildman–Crippen MR) is 44.0 cm³/mol. The maximum atomic E-state index is 12.5. The smallest absolute Gasteiger partial charge is 0.124 e. The lowest BCUT2D eigenvalue weighted by atomic mass is 10.3. The Bertz CT molecular complexity index is 263. The van der Waals surface area contributed by atoms with E-state index in [0.717, 1.165) is 0 Å². The molecule has 1 rings (SSSR count). The van der Waals surface area contributed by atoms with Crippen LogP contribution >= 0.6 is 11.6 Å². The summed E-state index contributed by atoms with van der Waals surface area (Å²) in [6.07, 6.45) is 0. The zero-order valence-corrected chi connectivity index (χ0v) is 6.77. The fourth-order valence-corrected chi connectivity index (χ4v) is 1.07. The molecule has 0 aromatic heterocycles. The van der Waals surface area contributed by atoms with Crippen LogP contribution in [0.4, 0.5) is 10.1 Å². The molecule has 0 radical (unpaired) electrons. The van der Waals surface area contributed by atoms with Gasteiger partial charge in [-0.1, -0.05) is 11.6 Å². The molecule has 0 amide bonds. The van der Waals surface area contributed by atoms with Gasteiger partial charge in [0.05, 0.1) is 10.7 Å². The number of hydrazine groups is 1. The highest BCUT2D eigenvalue weighted by atomic mass is 35.5. The molecule has 0 aliphatic heterocycles. The first-order chi connectivity index (χ1) is 5.11. The van der Waals surface area contributed by atoms with Gasteiger partial charge in [-0.3, -0.25) is 0 Å². The Morgan fingerprint density at radius 1 is 1.55 bits per heavy atom. The minimum atomic E-state index is -0.361. The van der Waals surface area contributed by atoms with Gasteiger partial charge in [0, 0.05) is 7.05 Å². The van der Waals surface area contributed by atoms with Gasteiger partial charge >= 0.3 is 0 Å². The largest absolute Gasteiger partial charge is 0.313 e. The van der Waals surface area contributed by atoms with Gasteiger partial charge in [-0.25, -0.2) is 10.2 Å². The molecule has 1 aromatic rings. The normalized spacial score (nSPS) is 9.82. The molecule has 0 atom stereocenters. The van der Waals surface area contributed by atoms with Crippen LogP contribution in [0.5, 0.6) is 0 Å². The van der Waals surface area contributed by atoms with E-state index in [1.807, 2.05) is 0 Å². The van der Waals surface area contributed by atoms with Crippen molar-refractivity contribution in [3.63, 3.8) is 0 Å². The van der Waals surface area contributed by atoms with Gasteiger partial charge in [0.1, 0.15) is 5.82 Å². The van der Waals surface area contributed by atoms with Crippen molar-refractivity contribution in [2.24, 2.45) is 5.84 Å². The van der Waals surface area contributed by atoms with E-state index < -0.39 is 0 Å². The fourth-order valence-electron chi connectivity index (χ4n) is 0.767. The van der Waals surface area contributed by atoms with Gasteiger partial charge in [-0.05, 0) is 18.2 Å². The number of benzene rings is 1. The molecule has 0 aliphatic rings. The van der Waals surface area contributed by atoms with Crippen LogP contribution in [0.15, 0.2) is 18.2 Å². The Morgan fingerprint density at radius 3 is 2.64 bits per heavy atom. The SMILES string of the molecule is CN(N)c1ccc(F)cc1Cl. The Morgan fingerprint density at radius 2 is 2.18 bits per heavy atom. The summed E-state index contributed by atoms with van der Waals surface area (Å²) in [4.78, 5) is 0. The molecule has 0 aliphatic carbocycles. The topological polar surface area (TPSA) is 29.3 Å². The van der Waals surface area contributed by atoms with E-state index in [9.17, 15) is 4.39 Å². The lowest BCUT2D eigenvalue weighted by Crippen LogP contribution is -2.25. The van der Waals surface area contributed by atoms with Crippen molar-refractivity contribution in [2.45, 2.75) is 0 Å². The van der Waals surface area contributed by atoms with Crippen LogP contribution in [0.3, 0.4) is 0 Å². The van der Waals surface area contributed by atoms with Crippen LogP contribution in [0.1, 0.15) is 0 Å². The number of nitrogens with two attached hydrogens (primary N) is 1. The van der Waals surface area contributed by atoms with Crippen LogP contribution < -0.4 is 10.9 Å². The van der Waals surface area contributed by atoms with E-state index in [4.69, 9.17) is 17.4 Å². The predicted octanol–water partition coefficient (Wildman–Crippen LogP) is 1.79. The third kappa shape index (κ3) is 1.82. The number of anilines is 1. The molecule has 0 unspecified atom stereocenters. The van der Waals surface area contributed by atoms with Gasteiger partial charge in [-0.15, -0.1) is 0 Å². The molecule has 60 valence electrons. The molecule has 11 heavy (non-hydrogen) atoms. The molecular formula is C7H8ClFN2. The first-order valence-corrected chi connectivity index (χ1v) is 3.42. The highest BCUT2D eigenvalue weighted by molar-refractivity contribution is 6.33. The third-order valence-corrected chi connectivity index (χ3v) is 1.59. The Hall–Kier alpha value is -0.800. The third-order valence-electron chi connectivity index (χ3n) is 1.29. The molecule has 0 bridgehead atoms. The van der Waals surface area contributed by atoms with Crippen molar-refractivity contribution in [1.82, 2.24) is 0 Å². The summed E-state index contributed by atoms with van der Waals surface area (Å²) in [6.45, 7) is 0. The Labute approximate surface area is 69.3 Å². The van der Waals surface area contributed by atoms with E-state index in [1.165, 1.54) is 23.2 Å². The van der Waals surface area contributed by atoms with Crippen molar-refractivity contribution < 1.29 is 4.39 Å². The first-order valence-electron chi connectivity index (χ1n) is 3.05. The van der Waals surface area contributed by atoms with E-state index >= 15 is 0 Å². The first kappa shape index (κ1) is 8.30. The average Bonchev–Trinajstić information content (AvgIpc) is 1.85. The number of halogens is 2. The monoisotopic (exact) mass is 174 g/mol. The number of nitrogens with zero attached hydrogens (tertiary/aromatic N) is 1. The molecule has 0 fully saturated rings. The summed E-state index contributed by atoms with van der Waals surface area (Å²) in [5.41, 5.74) is 0.605. The highest BCUT2D eigenvalue weighted by Gasteiger charge is 2.02. The summed E-state index contributed by atoms with van der Waals surface area (Å²) >= 11 is 5.66. The van der Waals surface area contributed by atoms with Crippen molar-refractivity contribution in [3.8, 4) is 0 Å². The van der Waals surface area contributed by atoms with Crippen LogP contribution in [-0.2, 0) is 0 Å². The second-order valence-electron chi connectivity index (χ2n) is 2.21. The standard InChI is InChI=1S/C7H8ClFN2/c1-11(10)7-3-2-5(9)4-6(7)8/h2-4H,10H2,1H3. The number of hydrogen-bond acceptors (Lipinski definition) is 2. The van der Waals surface area contributed by atoms with E-state index in [2.05, 4.69) is 0 Å². The summed E-state index contributed by atoms with van der Waals surface area (Å²) in [5, 5.41) is 1.65. The van der Waals surface area contributed by atoms with Crippen molar-refractivity contribution in [2.75, 3.05) is 12.1 Å². The quantitative estimate of drug-likeness (QED) is 0.520. The van der Waals surface area contributed by atoms with Crippen LogP contribution in [0.2, 0.25) is 5.02 Å². The summed E-state index contributed by atoms with van der Waals surface area (Å²) in [7, 11) is 1.64.